The fraction of sp³-hybridized carbons (Fsp3) is 0.857. The van der Waals surface area contributed by atoms with Gasteiger partial charge in [-0.05, 0) is 12.8 Å². The van der Waals surface area contributed by atoms with E-state index in [9.17, 15) is 4.79 Å². The molecule has 0 radical (unpaired) electrons. The van der Waals surface area contributed by atoms with Crippen molar-refractivity contribution >= 4 is 5.91 Å². The molecular formula is C7H13NO2. The summed E-state index contributed by atoms with van der Waals surface area (Å²) in [7, 11) is 0. The van der Waals surface area contributed by atoms with Crippen molar-refractivity contribution in [2.45, 2.75) is 25.8 Å². The summed E-state index contributed by atoms with van der Waals surface area (Å²) in [4.78, 5) is 11.0. The van der Waals surface area contributed by atoms with Crippen molar-refractivity contribution in [2.24, 2.45) is 5.92 Å². The van der Waals surface area contributed by atoms with Crippen molar-refractivity contribution in [1.82, 2.24) is 5.32 Å². The van der Waals surface area contributed by atoms with E-state index in [4.69, 9.17) is 5.11 Å². The third kappa shape index (κ3) is 1.29. The van der Waals surface area contributed by atoms with Gasteiger partial charge in [0.15, 0.2) is 0 Å². The Morgan fingerprint density at radius 1 is 1.80 bits per heavy atom. The number of carbonyl (C=O) groups excluding carboxylic acids is 1. The average molecular weight is 143 g/mol. The number of aliphatic hydroxyl groups is 1. The van der Waals surface area contributed by atoms with Crippen LogP contribution in [-0.2, 0) is 4.79 Å². The highest BCUT2D eigenvalue weighted by Gasteiger charge is 2.29. The van der Waals surface area contributed by atoms with Crippen LogP contribution in [0.5, 0.6) is 0 Å². The number of amides is 1. The molecule has 1 heterocycles. The first kappa shape index (κ1) is 7.54. The normalized spacial score (nSPS) is 32.4. The van der Waals surface area contributed by atoms with Crippen molar-refractivity contribution in [1.29, 1.82) is 0 Å². The van der Waals surface area contributed by atoms with E-state index in [2.05, 4.69) is 5.32 Å². The molecule has 1 rings (SSSR count). The zero-order valence-electron chi connectivity index (χ0n) is 6.13. The van der Waals surface area contributed by atoms with Crippen LogP contribution < -0.4 is 5.32 Å². The topological polar surface area (TPSA) is 49.3 Å². The van der Waals surface area contributed by atoms with Gasteiger partial charge < -0.3 is 10.4 Å². The van der Waals surface area contributed by atoms with Gasteiger partial charge in [-0.2, -0.15) is 0 Å². The highest BCUT2D eigenvalue weighted by atomic mass is 16.3. The summed E-state index contributed by atoms with van der Waals surface area (Å²) >= 11 is 0. The quantitative estimate of drug-likeness (QED) is 0.566. The molecule has 1 amide bonds. The molecule has 0 aliphatic carbocycles. The Hall–Kier alpha value is -0.570. The zero-order chi connectivity index (χ0) is 7.56. The SMILES string of the molecule is CCC1CC(CO)NC1=O. The Bertz CT molecular complexity index is 136. The monoisotopic (exact) mass is 143 g/mol. The molecule has 3 heteroatoms. The molecule has 0 aromatic carbocycles. The maximum absolute atomic E-state index is 11.0. The van der Waals surface area contributed by atoms with E-state index < -0.39 is 0 Å². The fourth-order valence-corrected chi connectivity index (χ4v) is 1.30. The van der Waals surface area contributed by atoms with Crippen molar-refractivity contribution in [3.63, 3.8) is 0 Å². The molecule has 1 saturated heterocycles. The van der Waals surface area contributed by atoms with Gasteiger partial charge in [-0.15, -0.1) is 0 Å². The molecule has 10 heavy (non-hydrogen) atoms. The third-order valence-corrected chi connectivity index (χ3v) is 2.00. The van der Waals surface area contributed by atoms with E-state index in [1.165, 1.54) is 0 Å². The molecular weight excluding hydrogens is 130 g/mol. The van der Waals surface area contributed by atoms with Crippen molar-refractivity contribution in [2.75, 3.05) is 6.61 Å². The number of aliphatic hydroxyl groups excluding tert-OH is 1. The third-order valence-electron chi connectivity index (χ3n) is 2.00. The standard InChI is InChI=1S/C7H13NO2/c1-2-5-3-6(4-9)8-7(5)10/h5-6,9H,2-4H2,1H3,(H,8,10). The summed E-state index contributed by atoms with van der Waals surface area (Å²) in [6, 6.07) is 0.0115. The van der Waals surface area contributed by atoms with Gasteiger partial charge in [0, 0.05) is 5.92 Å². The van der Waals surface area contributed by atoms with Crippen LogP contribution in [0.4, 0.5) is 0 Å². The summed E-state index contributed by atoms with van der Waals surface area (Å²) in [5.41, 5.74) is 0. The smallest absolute Gasteiger partial charge is 0.223 e. The molecule has 0 bridgehead atoms. The minimum absolute atomic E-state index is 0.0115. The van der Waals surface area contributed by atoms with Crippen molar-refractivity contribution < 1.29 is 9.90 Å². The second-order valence-corrected chi connectivity index (χ2v) is 2.73. The first-order valence-electron chi connectivity index (χ1n) is 3.69. The molecule has 1 fully saturated rings. The Kier molecular flexibility index (Phi) is 2.27. The van der Waals surface area contributed by atoms with Crippen LogP contribution in [0, 0.1) is 5.92 Å². The van der Waals surface area contributed by atoms with Gasteiger partial charge in [0.05, 0.1) is 12.6 Å². The second kappa shape index (κ2) is 3.01. The molecule has 2 atom stereocenters. The van der Waals surface area contributed by atoms with Crippen LogP contribution in [-0.4, -0.2) is 23.7 Å². The number of hydrogen-bond donors (Lipinski definition) is 2. The Balaban J connectivity index is 2.44. The molecule has 2 unspecified atom stereocenters. The summed E-state index contributed by atoms with van der Waals surface area (Å²) in [5, 5.41) is 11.4. The first-order chi connectivity index (χ1) is 4.77. The van der Waals surface area contributed by atoms with Gasteiger partial charge in [0.2, 0.25) is 5.91 Å². The summed E-state index contributed by atoms with van der Waals surface area (Å²) < 4.78 is 0. The van der Waals surface area contributed by atoms with Crippen LogP contribution in [0.1, 0.15) is 19.8 Å². The summed E-state index contributed by atoms with van der Waals surface area (Å²) in [6.45, 7) is 2.06. The van der Waals surface area contributed by atoms with Gasteiger partial charge >= 0.3 is 0 Å². The molecule has 0 aromatic rings. The lowest BCUT2D eigenvalue weighted by Crippen LogP contribution is -2.28. The molecule has 0 saturated carbocycles. The van der Waals surface area contributed by atoms with Crippen LogP contribution in [0.15, 0.2) is 0 Å². The molecule has 3 nitrogen and oxygen atoms in total. The van der Waals surface area contributed by atoms with E-state index in [1.807, 2.05) is 6.92 Å². The Morgan fingerprint density at radius 3 is 2.80 bits per heavy atom. The Morgan fingerprint density at radius 2 is 2.50 bits per heavy atom. The number of hydrogen-bond acceptors (Lipinski definition) is 2. The van der Waals surface area contributed by atoms with Crippen LogP contribution in [0.2, 0.25) is 0 Å². The fourth-order valence-electron chi connectivity index (χ4n) is 1.30. The molecule has 2 N–H and O–H groups in total. The second-order valence-electron chi connectivity index (χ2n) is 2.73. The minimum Gasteiger partial charge on any atom is -0.394 e. The van der Waals surface area contributed by atoms with Crippen molar-refractivity contribution in [3.05, 3.63) is 0 Å². The predicted octanol–water partition coefficient (Wildman–Crippen LogP) is -0.107. The van der Waals surface area contributed by atoms with E-state index in [0.717, 1.165) is 12.8 Å². The van der Waals surface area contributed by atoms with Gasteiger partial charge in [0.1, 0.15) is 0 Å². The number of nitrogens with one attached hydrogen (secondary N) is 1. The van der Waals surface area contributed by atoms with Gasteiger partial charge in [-0.1, -0.05) is 6.92 Å². The van der Waals surface area contributed by atoms with Crippen LogP contribution in [0.3, 0.4) is 0 Å². The van der Waals surface area contributed by atoms with Crippen molar-refractivity contribution in [3.8, 4) is 0 Å². The maximum atomic E-state index is 11.0. The molecule has 0 spiro atoms. The summed E-state index contributed by atoms with van der Waals surface area (Å²) in [5.74, 6) is 0.235. The lowest BCUT2D eigenvalue weighted by Gasteiger charge is -2.02. The van der Waals surface area contributed by atoms with Gasteiger partial charge in [-0.3, -0.25) is 4.79 Å². The minimum atomic E-state index is 0.0115. The zero-order valence-corrected chi connectivity index (χ0v) is 6.13. The van der Waals surface area contributed by atoms with Gasteiger partial charge in [-0.25, -0.2) is 0 Å². The Labute approximate surface area is 60.4 Å². The van der Waals surface area contributed by atoms with E-state index in [1.54, 1.807) is 0 Å². The lowest BCUT2D eigenvalue weighted by molar-refractivity contribution is -0.122. The summed E-state index contributed by atoms with van der Waals surface area (Å²) in [6.07, 6.45) is 1.67. The molecule has 1 aliphatic heterocycles. The highest BCUT2D eigenvalue weighted by molar-refractivity contribution is 5.81. The van der Waals surface area contributed by atoms with E-state index in [0.29, 0.717) is 0 Å². The molecule has 0 aromatic heterocycles. The number of carbonyl (C=O) groups is 1. The first-order valence-corrected chi connectivity index (χ1v) is 3.69. The molecule has 1 aliphatic rings. The predicted molar refractivity (Wildman–Crippen MR) is 37.4 cm³/mol. The highest BCUT2D eigenvalue weighted by Crippen LogP contribution is 2.17. The van der Waals surface area contributed by atoms with E-state index >= 15 is 0 Å². The van der Waals surface area contributed by atoms with Gasteiger partial charge in [0.25, 0.3) is 0 Å². The van der Waals surface area contributed by atoms with Crippen LogP contribution >= 0.6 is 0 Å². The number of rotatable bonds is 2. The molecule has 58 valence electrons. The lowest BCUT2D eigenvalue weighted by atomic mass is 10.0. The van der Waals surface area contributed by atoms with Crippen LogP contribution in [0.25, 0.3) is 0 Å². The maximum Gasteiger partial charge on any atom is 0.223 e. The average Bonchev–Trinajstić information content (AvgIpc) is 2.30. The largest absolute Gasteiger partial charge is 0.394 e. The van der Waals surface area contributed by atoms with E-state index in [-0.39, 0.29) is 24.5 Å².